The molecule has 1 aliphatic heterocycles. The van der Waals surface area contributed by atoms with E-state index in [4.69, 9.17) is 21.1 Å². The molecule has 0 unspecified atom stereocenters. The van der Waals surface area contributed by atoms with Crippen molar-refractivity contribution in [1.82, 2.24) is 23.9 Å². The van der Waals surface area contributed by atoms with Gasteiger partial charge < -0.3 is 14.4 Å². The van der Waals surface area contributed by atoms with Crippen LogP contribution in [0.1, 0.15) is 6.42 Å². The number of aromatic nitrogens is 4. The van der Waals surface area contributed by atoms with Gasteiger partial charge in [0.2, 0.25) is 10.0 Å². The van der Waals surface area contributed by atoms with Gasteiger partial charge in [-0.3, -0.25) is 0 Å². The SMILES string of the molecule is COc1ccc(-c2cnc3ncnn3c2N2CCCN(S(=O)(=O)c3ccc(F)c(Cl)c3)CC2)cc1OC. The Morgan fingerprint density at radius 1 is 0.973 bits per heavy atom. The lowest BCUT2D eigenvalue weighted by Crippen LogP contribution is -2.36. The molecule has 0 aliphatic carbocycles. The Morgan fingerprint density at radius 2 is 1.78 bits per heavy atom. The zero-order chi connectivity index (χ0) is 26.2. The smallest absolute Gasteiger partial charge is 0.254 e. The number of methoxy groups -OCH3 is 2. The molecule has 3 heterocycles. The van der Waals surface area contributed by atoms with Crippen LogP contribution in [0.4, 0.5) is 10.2 Å². The van der Waals surface area contributed by atoms with Crippen LogP contribution >= 0.6 is 11.6 Å². The number of nitrogens with zero attached hydrogens (tertiary/aromatic N) is 6. The van der Waals surface area contributed by atoms with Crippen LogP contribution in [0.25, 0.3) is 16.9 Å². The number of hydrogen-bond donors (Lipinski definition) is 0. The largest absolute Gasteiger partial charge is 0.493 e. The summed E-state index contributed by atoms with van der Waals surface area (Å²) >= 11 is 5.85. The zero-order valence-electron chi connectivity index (χ0n) is 20.1. The van der Waals surface area contributed by atoms with Crippen LogP contribution in [0.3, 0.4) is 0 Å². The maximum atomic E-state index is 13.6. The van der Waals surface area contributed by atoms with Gasteiger partial charge in [-0.2, -0.15) is 18.9 Å². The molecule has 0 radical (unpaired) electrons. The van der Waals surface area contributed by atoms with Crippen molar-refractivity contribution in [2.45, 2.75) is 11.3 Å². The molecule has 37 heavy (non-hydrogen) atoms. The minimum atomic E-state index is -3.86. The van der Waals surface area contributed by atoms with Crippen molar-refractivity contribution >= 4 is 33.2 Å². The van der Waals surface area contributed by atoms with Gasteiger partial charge in [-0.1, -0.05) is 17.7 Å². The van der Waals surface area contributed by atoms with E-state index in [9.17, 15) is 12.8 Å². The molecule has 0 amide bonds. The highest BCUT2D eigenvalue weighted by Gasteiger charge is 2.29. The van der Waals surface area contributed by atoms with Crippen LogP contribution in [0.5, 0.6) is 11.5 Å². The number of fused-ring (bicyclic) bond motifs is 1. The van der Waals surface area contributed by atoms with Gasteiger partial charge in [0.05, 0.1) is 24.1 Å². The third kappa shape index (κ3) is 4.67. The molecule has 194 valence electrons. The van der Waals surface area contributed by atoms with Crippen molar-refractivity contribution in [2.75, 3.05) is 45.3 Å². The molecular weight excluding hydrogens is 523 g/mol. The summed E-state index contributed by atoms with van der Waals surface area (Å²) in [4.78, 5) is 10.7. The second-order valence-electron chi connectivity index (χ2n) is 8.36. The van der Waals surface area contributed by atoms with E-state index < -0.39 is 15.8 Å². The molecule has 10 nitrogen and oxygen atoms in total. The molecule has 1 saturated heterocycles. The number of sulfonamides is 1. The van der Waals surface area contributed by atoms with Crippen molar-refractivity contribution in [3.05, 3.63) is 59.8 Å². The molecule has 0 bridgehead atoms. The number of ether oxygens (including phenoxy) is 2. The minimum absolute atomic E-state index is 0.0408. The molecule has 0 atom stereocenters. The summed E-state index contributed by atoms with van der Waals surface area (Å²) in [6.45, 7) is 1.45. The molecule has 2 aromatic heterocycles. The first-order chi connectivity index (χ1) is 17.8. The van der Waals surface area contributed by atoms with Crippen LogP contribution in [0.2, 0.25) is 5.02 Å². The molecule has 5 rings (SSSR count). The average Bonchev–Trinajstić information content (AvgIpc) is 3.25. The van der Waals surface area contributed by atoms with Crippen molar-refractivity contribution in [3.63, 3.8) is 0 Å². The zero-order valence-corrected chi connectivity index (χ0v) is 21.7. The monoisotopic (exact) mass is 546 g/mol. The third-order valence-electron chi connectivity index (χ3n) is 6.26. The summed E-state index contributed by atoms with van der Waals surface area (Å²) in [7, 11) is -0.722. The van der Waals surface area contributed by atoms with E-state index in [1.165, 1.54) is 16.7 Å². The van der Waals surface area contributed by atoms with Crippen LogP contribution < -0.4 is 14.4 Å². The fourth-order valence-corrected chi connectivity index (χ4v) is 6.15. The molecule has 13 heteroatoms. The molecule has 0 saturated carbocycles. The summed E-state index contributed by atoms with van der Waals surface area (Å²) in [5, 5.41) is 4.15. The number of rotatable bonds is 6. The Hall–Kier alpha value is -3.48. The Labute approximate surface area is 218 Å². The lowest BCUT2D eigenvalue weighted by Gasteiger charge is -2.26. The Kier molecular flexibility index (Phi) is 6.88. The topological polar surface area (TPSA) is 102 Å². The normalized spacial score (nSPS) is 15.1. The highest BCUT2D eigenvalue weighted by Crippen LogP contribution is 2.37. The molecular formula is C24H24ClFN6O4S. The maximum absolute atomic E-state index is 13.6. The summed E-state index contributed by atoms with van der Waals surface area (Å²) in [6, 6.07) is 9.01. The summed E-state index contributed by atoms with van der Waals surface area (Å²) < 4.78 is 54.1. The van der Waals surface area contributed by atoms with E-state index in [0.717, 1.165) is 29.1 Å². The molecule has 1 fully saturated rings. The predicted molar refractivity (Wildman–Crippen MR) is 136 cm³/mol. The van der Waals surface area contributed by atoms with Gasteiger partial charge in [0.25, 0.3) is 5.78 Å². The number of halogens is 2. The number of benzene rings is 2. The number of hydrogen-bond acceptors (Lipinski definition) is 8. The predicted octanol–water partition coefficient (Wildman–Crippen LogP) is 3.50. The maximum Gasteiger partial charge on any atom is 0.254 e. The first-order valence-corrected chi connectivity index (χ1v) is 13.3. The van der Waals surface area contributed by atoms with Gasteiger partial charge in [-0.25, -0.2) is 17.8 Å². The quantitative estimate of drug-likeness (QED) is 0.362. The van der Waals surface area contributed by atoms with Crippen molar-refractivity contribution in [1.29, 1.82) is 0 Å². The molecule has 2 aromatic carbocycles. The van der Waals surface area contributed by atoms with Crippen LogP contribution in [0, 0.1) is 5.82 Å². The van der Waals surface area contributed by atoms with E-state index in [1.807, 2.05) is 18.2 Å². The molecule has 1 aliphatic rings. The van der Waals surface area contributed by atoms with Crippen molar-refractivity contribution in [3.8, 4) is 22.6 Å². The average molecular weight is 547 g/mol. The van der Waals surface area contributed by atoms with Gasteiger partial charge in [-0.05, 0) is 42.3 Å². The van der Waals surface area contributed by atoms with Crippen LogP contribution in [-0.4, -0.2) is 72.7 Å². The Balaban J connectivity index is 1.51. The van der Waals surface area contributed by atoms with Gasteiger partial charge in [0.1, 0.15) is 18.0 Å². The van der Waals surface area contributed by atoms with Crippen molar-refractivity contribution < 1.29 is 22.3 Å². The Morgan fingerprint density at radius 3 is 2.54 bits per heavy atom. The van der Waals surface area contributed by atoms with Crippen molar-refractivity contribution in [2.24, 2.45) is 0 Å². The first-order valence-electron chi connectivity index (χ1n) is 11.4. The Bertz CT molecular complexity index is 1560. The fourth-order valence-electron chi connectivity index (χ4n) is 4.41. The van der Waals surface area contributed by atoms with Crippen LogP contribution in [-0.2, 0) is 10.0 Å². The summed E-state index contributed by atoms with van der Waals surface area (Å²) in [6.07, 6.45) is 3.70. The minimum Gasteiger partial charge on any atom is -0.493 e. The highest BCUT2D eigenvalue weighted by molar-refractivity contribution is 7.89. The lowest BCUT2D eigenvalue weighted by molar-refractivity contribution is 0.355. The van der Waals surface area contributed by atoms with Gasteiger partial charge >= 0.3 is 0 Å². The van der Waals surface area contributed by atoms with E-state index in [1.54, 1.807) is 24.9 Å². The molecule has 0 spiro atoms. The molecule has 0 N–H and O–H groups in total. The van der Waals surface area contributed by atoms with Gasteiger partial charge in [0.15, 0.2) is 11.5 Å². The summed E-state index contributed by atoms with van der Waals surface area (Å²) in [5.74, 6) is 1.66. The second kappa shape index (κ2) is 10.1. The lowest BCUT2D eigenvalue weighted by atomic mass is 10.1. The van der Waals surface area contributed by atoms with E-state index in [2.05, 4.69) is 20.0 Å². The standard InChI is InChI=1S/C24H24ClFN6O4S/c1-35-21-7-4-16(12-22(21)36-2)18-14-27-24-28-15-29-32(24)23(18)30-8-3-9-31(11-10-30)37(33,34)17-5-6-20(26)19(25)13-17/h4-7,12-15H,3,8-11H2,1-2H3. The van der Waals surface area contributed by atoms with E-state index >= 15 is 0 Å². The molecule has 4 aromatic rings. The first kappa shape index (κ1) is 25.2. The fraction of sp³-hybridized carbons (Fsp3) is 0.292. The van der Waals surface area contributed by atoms with E-state index in [0.29, 0.717) is 43.3 Å². The van der Waals surface area contributed by atoms with Gasteiger partial charge in [-0.15, -0.1) is 0 Å². The van der Waals surface area contributed by atoms with Crippen LogP contribution in [0.15, 0.2) is 53.8 Å². The second-order valence-corrected chi connectivity index (χ2v) is 10.7. The number of anilines is 1. The summed E-state index contributed by atoms with van der Waals surface area (Å²) in [5.41, 5.74) is 1.60. The van der Waals surface area contributed by atoms with Gasteiger partial charge in [0, 0.05) is 37.9 Å². The third-order valence-corrected chi connectivity index (χ3v) is 8.44. The van der Waals surface area contributed by atoms with E-state index in [-0.39, 0.29) is 16.5 Å². The highest BCUT2D eigenvalue weighted by atomic mass is 35.5.